The number of methoxy groups -OCH3 is 1. The molecule has 0 bridgehead atoms. The highest BCUT2D eigenvalue weighted by Crippen LogP contribution is 2.25. The summed E-state index contributed by atoms with van der Waals surface area (Å²) in [4.78, 5) is 26.5. The zero-order chi connectivity index (χ0) is 19.7. The standard InChI is InChI=1S/C19H14N4O5/c1-27-14-8-9-22-15(11-20-17(22)10-14)12-2-4-13(5-3-12)21-19(24)16-6-7-18(28-16)23(25)26/h2-11H,1H3,(H,21,24). The molecule has 0 aliphatic rings. The number of imidazole rings is 1. The maximum Gasteiger partial charge on any atom is 0.433 e. The molecule has 4 aromatic rings. The van der Waals surface area contributed by atoms with Crippen molar-refractivity contribution in [3.05, 3.63) is 76.8 Å². The van der Waals surface area contributed by atoms with Crippen LogP contribution in [-0.4, -0.2) is 27.3 Å². The summed E-state index contributed by atoms with van der Waals surface area (Å²) in [5.74, 6) is -0.458. The third-order valence-electron chi connectivity index (χ3n) is 4.15. The number of pyridine rings is 1. The smallest absolute Gasteiger partial charge is 0.433 e. The van der Waals surface area contributed by atoms with Crippen LogP contribution in [0.3, 0.4) is 0 Å². The highest BCUT2D eigenvalue weighted by molar-refractivity contribution is 6.02. The minimum absolute atomic E-state index is 0.133. The summed E-state index contributed by atoms with van der Waals surface area (Å²) in [7, 11) is 1.60. The van der Waals surface area contributed by atoms with E-state index in [1.807, 2.05) is 34.9 Å². The summed E-state index contributed by atoms with van der Waals surface area (Å²) in [6.07, 6.45) is 3.63. The van der Waals surface area contributed by atoms with E-state index < -0.39 is 16.7 Å². The Bertz CT molecular complexity index is 1180. The molecule has 0 radical (unpaired) electrons. The van der Waals surface area contributed by atoms with Crippen LogP contribution in [0.5, 0.6) is 5.75 Å². The lowest BCUT2D eigenvalue weighted by Gasteiger charge is -2.06. The van der Waals surface area contributed by atoms with Crippen LogP contribution in [-0.2, 0) is 0 Å². The maximum absolute atomic E-state index is 12.1. The molecule has 28 heavy (non-hydrogen) atoms. The fourth-order valence-electron chi connectivity index (χ4n) is 2.77. The first-order valence-corrected chi connectivity index (χ1v) is 8.22. The van der Waals surface area contributed by atoms with Crippen LogP contribution in [0, 0.1) is 10.1 Å². The van der Waals surface area contributed by atoms with Gasteiger partial charge in [-0.3, -0.25) is 19.3 Å². The number of benzene rings is 1. The van der Waals surface area contributed by atoms with Crippen LogP contribution < -0.4 is 10.1 Å². The van der Waals surface area contributed by atoms with Crippen molar-refractivity contribution >= 4 is 23.1 Å². The molecule has 140 valence electrons. The van der Waals surface area contributed by atoms with Gasteiger partial charge in [0.2, 0.25) is 0 Å². The van der Waals surface area contributed by atoms with Gasteiger partial charge in [-0.05, 0) is 24.3 Å². The number of ether oxygens (including phenoxy) is 1. The molecule has 0 atom stereocenters. The molecule has 3 heterocycles. The SMILES string of the molecule is COc1ccn2c(-c3ccc(NC(=O)c4ccc([N+](=O)[O-])o4)cc3)cnc2c1. The van der Waals surface area contributed by atoms with Gasteiger partial charge >= 0.3 is 5.88 Å². The zero-order valence-corrected chi connectivity index (χ0v) is 14.7. The van der Waals surface area contributed by atoms with Crippen LogP contribution in [0.15, 0.2) is 65.3 Å². The van der Waals surface area contributed by atoms with E-state index in [-0.39, 0.29) is 5.76 Å². The van der Waals surface area contributed by atoms with Crippen LogP contribution in [0.2, 0.25) is 0 Å². The van der Waals surface area contributed by atoms with Gasteiger partial charge in [-0.2, -0.15) is 0 Å². The summed E-state index contributed by atoms with van der Waals surface area (Å²) >= 11 is 0. The summed E-state index contributed by atoms with van der Waals surface area (Å²) in [6.45, 7) is 0. The molecule has 0 unspecified atom stereocenters. The Morgan fingerprint density at radius 1 is 1.21 bits per heavy atom. The van der Waals surface area contributed by atoms with Gasteiger partial charge in [0.1, 0.15) is 16.3 Å². The number of furan rings is 1. The first-order valence-electron chi connectivity index (χ1n) is 8.22. The zero-order valence-electron chi connectivity index (χ0n) is 14.7. The van der Waals surface area contributed by atoms with Gasteiger partial charge in [-0.15, -0.1) is 0 Å². The van der Waals surface area contributed by atoms with Crippen molar-refractivity contribution in [1.82, 2.24) is 9.38 Å². The molecule has 0 spiro atoms. The molecule has 0 aliphatic carbocycles. The first kappa shape index (κ1) is 17.3. The predicted octanol–water partition coefficient (Wildman–Crippen LogP) is 3.76. The minimum Gasteiger partial charge on any atom is -0.497 e. The number of hydrogen-bond acceptors (Lipinski definition) is 6. The average molecular weight is 378 g/mol. The Kier molecular flexibility index (Phi) is 4.24. The topological polar surface area (TPSA) is 112 Å². The van der Waals surface area contributed by atoms with Gasteiger partial charge in [0.25, 0.3) is 5.91 Å². The molecule has 0 fully saturated rings. The fraction of sp³-hybridized carbons (Fsp3) is 0.0526. The summed E-state index contributed by atoms with van der Waals surface area (Å²) < 4.78 is 12.0. The molecule has 1 N–H and O–H groups in total. The molecular weight excluding hydrogens is 364 g/mol. The van der Waals surface area contributed by atoms with Crippen LogP contribution in [0.1, 0.15) is 10.6 Å². The third-order valence-corrected chi connectivity index (χ3v) is 4.15. The second-order valence-electron chi connectivity index (χ2n) is 5.86. The van der Waals surface area contributed by atoms with Crippen molar-refractivity contribution < 1.29 is 18.9 Å². The van der Waals surface area contributed by atoms with Gasteiger partial charge in [-0.25, -0.2) is 4.98 Å². The molecule has 0 saturated heterocycles. The van der Waals surface area contributed by atoms with Crippen LogP contribution >= 0.6 is 0 Å². The Morgan fingerprint density at radius 3 is 2.68 bits per heavy atom. The quantitative estimate of drug-likeness (QED) is 0.418. The van der Waals surface area contributed by atoms with Crippen molar-refractivity contribution in [2.45, 2.75) is 0 Å². The fourth-order valence-corrected chi connectivity index (χ4v) is 2.77. The Hall–Kier alpha value is -4.14. The number of amides is 1. The molecule has 3 aromatic heterocycles. The van der Waals surface area contributed by atoms with E-state index in [0.29, 0.717) is 5.69 Å². The van der Waals surface area contributed by atoms with Gasteiger partial charge in [-0.1, -0.05) is 12.1 Å². The van der Waals surface area contributed by atoms with E-state index in [1.165, 1.54) is 6.07 Å². The number of nitrogens with zero attached hydrogens (tertiary/aromatic N) is 3. The van der Waals surface area contributed by atoms with Crippen molar-refractivity contribution in [3.63, 3.8) is 0 Å². The number of fused-ring (bicyclic) bond motifs is 1. The number of carbonyl (C=O) groups excluding carboxylic acids is 1. The summed E-state index contributed by atoms with van der Waals surface area (Å²) in [6, 6.07) is 13.2. The second-order valence-corrected chi connectivity index (χ2v) is 5.86. The molecule has 0 saturated carbocycles. The van der Waals surface area contributed by atoms with Gasteiger partial charge in [0.15, 0.2) is 5.76 Å². The molecule has 0 aliphatic heterocycles. The lowest BCUT2D eigenvalue weighted by Crippen LogP contribution is -2.10. The van der Waals surface area contributed by atoms with Crippen molar-refractivity contribution in [2.24, 2.45) is 0 Å². The highest BCUT2D eigenvalue weighted by atomic mass is 16.6. The number of aromatic nitrogens is 2. The van der Waals surface area contributed by atoms with E-state index in [9.17, 15) is 14.9 Å². The normalized spacial score (nSPS) is 10.8. The van der Waals surface area contributed by atoms with Crippen LogP contribution in [0.25, 0.3) is 16.9 Å². The first-order chi connectivity index (χ1) is 13.5. The monoisotopic (exact) mass is 378 g/mol. The Morgan fingerprint density at radius 2 is 2.00 bits per heavy atom. The molecule has 9 nitrogen and oxygen atoms in total. The van der Waals surface area contributed by atoms with E-state index >= 15 is 0 Å². The predicted molar refractivity (Wildman–Crippen MR) is 100 cm³/mol. The summed E-state index contributed by atoms with van der Waals surface area (Å²) in [5, 5.41) is 13.3. The third kappa shape index (κ3) is 3.16. The van der Waals surface area contributed by atoms with E-state index in [2.05, 4.69) is 10.3 Å². The number of nitro groups is 1. The number of rotatable bonds is 5. The van der Waals surface area contributed by atoms with Crippen LogP contribution in [0.4, 0.5) is 11.6 Å². The van der Waals surface area contributed by atoms with Gasteiger partial charge < -0.3 is 14.5 Å². The summed E-state index contributed by atoms with van der Waals surface area (Å²) in [5.41, 5.74) is 3.08. The highest BCUT2D eigenvalue weighted by Gasteiger charge is 2.17. The maximum atomic E-state index is 12.1. The van der Waals surface area contributed by atoms with Gasteiger partial charge in [0.05, 0.1) is 25.1 Å². The molecule has 1 aromatic carbocycles. The number of carbonyl (C=O) groups is 1. The minimum atomic E-state index is -0.697. The van der Waals surface area contributed by atoms with E-state index in [4.69, 9.17) is 9.15 Å². The molecule has 4 rings (SSSR count). The van der Waals surface area contributed by atoms with Crippen molar-refractivity contribution in [3.8, 4) is 17.0 Å². The Balaban J connectivity index is 1.54. The average Bonchev–Trinajstić information content (AvgIpc) is 3.35. The lowest BCUT2D eigenvalue weighted by molar-refractivity contribution is -0.402. The van der Waals surface area contributed by atoms with Crippen molar-refractivity contribution in [1.29, 1.82) is 0 Å². The second kappa shape index (κ2) is 6.88. The van der Waals surface area contributed by atoms with E-state index in [0.717, 1.165) is 28.7 Å². The number of hydrogen-bond donors (Lipinski definition) is 1. The van der Waals surface area contributed by atoms with E-state index in [1.54, 1.807) is 25.4 Å². The molecule has 1 amide bonds. The van der Waals surface area contributed by atoms with Gasteiger partial charge in [0, 0.05) is 23.5 Å². The number of nitrogens with one attached hydrogen (secondary N) is 1. The Labute approximate surface area is 158 Å². The van der Waals surface area contributed by atoms with Crippen molar-refractivity contribution in [2.75, 3.05) is 12.4 Å². The largest absolute Gasteiger partial charge is 0.497 e. The lowest BCUT2D eigenvalue weighted by atomic mass is 10.1. The molecular formula is C19H14N4O5. The number of anilines is 1. The molecule has 9 heteroatoms.